The number of morpholine rings is 1. The van der Waals surface area contributed by atoms with Gasteiger partial charge in [0.2, 0.25) is 5.82 Å². The van der Waals surface area contributed by atoms with Crippen molar-refractivity contribution in [3.05, 3.63) is 50.6 Å². The normalized spacial score (nSPS) is 15.2. The zero-order valence-electron chi connectivity index (χ0n) is 14.2. The maximum atomic E-state index is 12.5. The van der Waals surface area contributed by atoms with Crippen LogP contribution in [0.5, 0.6) is 0 Å². The molecule has 4 rings (SSSR count). The van der Waals surface area contributed by atoms with Crippen molar-refractivity contribution in [1.82, 2.24) is 10.1 Å². The zero-order chi connectivity index (χ0) is 19.9. The summed E-state index contributed by atoms with van der Waals surface area (Å²) in [4.78, 5) is 29.0. The van der Waals surface area contributed by atoms with Crippen molar-refractivity contribution >= 4 is 17.1 Å². The fourth-order valence-electron chi connectivity index (χ4n) is 2.89. The standard InChI is InChI=1S/C17H13F3N4O4/c18-17(19,20)16-22-15(23-28-16)9-1-3-10(4-2-9)21-11-12(14(26)13(11)25)24-5-7-27-8-6-24/h1-4,21H,5-8H2. The van der Waals surface area contributed by atoms with Gasteiger partial charge in [-0.05, 0) is 24.3 Å². The Bertz CT molecular complexity index is 1060. The Morgan fingerprint density at radius 3 is 2.32 bits per heavy atom. The van der Waals surface area contributed by atoms with E-state index in [4.69, 9.17) is 4.74 Å². The molecule has 0 amide bonds. The van der Waals surface area contributed by atoms with Gasteiger partial charge in [-0.2, -0.15) is 18.2 Å². The number of alkyl halides is 3. The third-order valence-corrected chi connectivity index (χ3v) is 4.29. The van der Waals surface area contributed by atoms with Crippen molar-refractivity contribution in [3.8, 4) is 11.4 Å². The van der Waals surface area contributed by atoms with E-state index in [-0.39, 0.29) is 11.5 Å². The maximum Gasteiger partial charge on any atom is 0.471 e. The van der Waals surface area contributed by atoms with E-state index < -0.39 is 22.9 Å². The highest BCUT2D eigenvalue weighted by atomic mass is 19.4. The van der Waals surface area contributed by atoms with Gasteiger partial charge in [-0.3, -0.25) is 9.59 Å². The number of benzene rings is 1. The van der Waals surface area contributed by atoms with E-state index >= 15 is 0 Å². The number of rotatable bonds is 4. The molecule has 2 aromatic carbocycles. The van der Waals surface area contributed by atoms with E-state index in [1.54, 1.807) is 17.0 Å². The quantitative estimate of drug-likeness (QED) is 0.671. The predicted molar refractivity (Wildman–Crippen MR) is 92.4 cm³/mol. The Hall–Kier alpha value is -3.21. The van der Waals surface area contributed by atoms with Crippen LogP contribution in [0.4, 0.5) is 30.2 Å². The van der Waals surface area contributed by atoms with Crippen LogP contribution in [0.15, 0.2) is 38.4 Å². The minimum Gasteiger partial charge on any atom is -0.378 e. The highest BCUT2D eigenvalue weighted by molar-refractivity contribution is 5.80. The van der Waals surface area contributed by atoms with Crippen LogP contribution in [-0.4, -0.2) is 36.4 Å². The van der Waals surface area contributed by atoms with E-state index in [1.165, 1.54) is 12.1 Å². The number of hydrogen-bond donors (Lipinski definition) is 1. The Labute approximate surface area is 155 Å². The summed E-state index contributed by atoms with van der Waals surface area (Å²) < 4.78 is 47.1. The second-order valence-corrected chi connectivity index (χ2v) is 6.10. The average Bonchev–Trinajstić information content (AvgIpc) is 3.19. The lowest BCUT2D eigenvalue weighted by Crippen LogP contribution is -2.46. The molecule has 2 heterocycles. The molecule has 1 aliphatic heterocycles. The first-order chi connectivity index (χ1) is 13.3. The molecule has 1 saturated heterocycles. The summed E-state index contributed by atoms with van der Waals surface area (Å²) in [5.41, 5.74) is 0.156. The van der Waals surface area contributed by atoms with Crippen LogP contribution in [0.2, 0.25) is 0 Å². The number of anilines is 3. The molecular weight excluding hydrogens is 381 g/mol. The van der Waals surface area contributed by atoms with Gasteiger partial charge in [-0.15, -0.1) is 0 Å². The van der Waals surface area contributed by atoms with Gasteiger partial charge in [0, 0.05) is 24.3 Å². The molecule has 11 heteroatoms. The number of hydrogen-bond acceptors (Lipinski definition) is 8. The molecule has 1 fully saturated rings. The molecule has 0 saturated carbocycles. The van der Waals surface area contributed by atoms with Crippen LogP contribution in [0.25, 0.3) is 11.4 Å². The molecule has 146 valence electrons. The van der Waals surface area contributed by atoms with Crippen LogP contribution >= 0.6 is 0 Å². The summed E-state index contributed by atoms with van der Waals surface area (Å²) in [7, 11) is 0. The van der Waals surface area contributed by atoms with Gasteiger partial charge in [0.15, 0.2) is 0 Å². The minimum absolute atomic E-state index is 0.193. The molecule has 0 bridgehead atoms. The number of nitrogens with one attached hydrogen (secondary N) is 1. The third-order valence-electron chi connectivity index (χ3n) is 4.29. The van der Waals surface area contributed by atoms with Crippen LogP contribution in [0, 0.1) is 0 Å². The van der Waals surface area contributed by atoms with E-state index in [9.17, 15) is 22.8 Å². The van der Waals surface area contributed by atoms with Crippen molar-refractivity contribution in [1.29, 1.82) is 0 Å². The summed E-state index contributed by atoms with van der Waals surface area (Å²) in [6.45, 7) is 1.96. The molecule has 1 aliphatic rings. The second-order valence-electron chi connectivity index (χ2n) is 6.10. The number of halogens is 3. The highest BCUT2D eigenvalue weighted by Crippen LogP contribution is 2.30. The van der Waals surface area contributed by atoms with E-state index in [1.807, 2.05) is 0 Å². The van der Waals surface area contributed by atoms with E-state index in [2.05, 4.69) is 20.0 Å². The van der Waals surface area contributed by atoms with Gasteiger partial charge < -0.3 is 19.5 Å². The first kappa shape index (κ1) is 18.2. The number of nitrogens with zero attached hydrogens (tertiary/aromatic N) is 3. The van der Waals surface area contributed by atoms with Crippen LogP contribution in [0.1, 0.15) is 5.89 Å². The summed E-state index contributed by atoms with van der Waals surface area (Å²) in [5, 5.41) is 6.21. The Morgan fingerprint density at radius 2 is 1.71 bits per heavy atom. The number of ether oxygens (including phenoxy) is 1. The van der Waals surface area contributed by atoms with E-state index in [0.717, 1.165) is 0 Å². The van der Waals surface area contributed by atoms with Crippen LogP contribution in [0.3, 0.4) is 0 Å². The monoisotopic (exact) mass is 394 g/mol. The smallest absolute Gasteiger partial charge is 0.378 e. The Balaban J connectivity index is 1.53. The van der Waals surface area contributed by atoms with Gasteiger partial charge in [-0.25, -0.2) is 0 Å². The molecule has 1 N–H and O–H groups in total. The summed E-state index contributed by atoms with van der Waals surface area (Å²) in [6, 6.07) is 6.04. The van der Waals surface area contributed by atoms with Gasteiger partial charge in [-0.1, -0.05) is 5.16 Å². The first-order valence-electron chi connectivity index (χ1n) is 8.29. The fraction of sp³-hybridized carbons (Fsp3) is 0.294. The summed E-state index contributed by atoms with van der Waals surface area (Å²) >= 11 is 0. The molecule has 0 radical (unpaired) electrons. The molecule has 28 heavy (non-hydrogen) atoms. The predicted octanol–water partition coefficient (Wildman–Crippen LogP) is 1.93. The molecule has 0 unspecified atom stereocenters. The second kappa shape index (κ2) is 6.75. The van der Waals surface area contributed by atoms with Crippen molar-refractivity contribution in [2.24, 2.45) is 0 Å². The highest BCUT2D eigenvalue weighted by Gasteiger charge is 2.38. The van der Waals surface area contributed by atoms with Crippen molar-refractivity contribution in [3.63, 3.8) is 0 Å². The fourth-order valence-corrected chi connectivity index (χ4v) is 2.89. The SMILES string of the molecule is O=c1c(Nc2ccc(-c3noc(C(F)(F)F)n3)cc2)c(N2CCOCC2)c1=O. The lowest BCUT2D eigenvalue weighted by Gasteiger charge is -2.30. The average molecular weight is 394 g/mol. The largest absolute Gasteiger partial charge is 0.471 e. The molecule has 3 aromatic rings. The number of aromatic nitrogens is 2. The lowest BCUT2D eigenvalue weighted by molar-refractivity contribution is -0.159. The topological polar surface area (TPSA) is 97.6 Å². The van der Waals surface area contributed by atoms with Crippen LogP contribution < -0.4 is 21.1 Å². The zero-order valence-corrected chi connectivity index (χ0v) is 14.2. The molecule has 0 atom stereocenters. The van der Waals surface area contributed by atoms with Crippen molar-refractivity contribution in [2.45, 2.75) is 6.18 Å². The molecular formula is C17H13F3N4O4. The maximum absolute atomic E-state index is 12.5. The first-order valence-corrected chi connectivity index (χ1v) is 8.29. The Kier molecular flexibility index (Phi) is 4.38. The molecule has 0 aliphatic carbocycles. The lowest BCUT2D eigenvalue weighted by atomic mass is 10.1. The van der Waals surface area contributed by atoms with Gasteiger partial charge in [0.05, 0.1) is 13.2 Å². The van der Waals surface area contributed by atoms with Gasteiger partial charge >= 0.3 is 12.1 Å². The van der Waals surface area contributed by atoms with Crippen molar-refractivity contribution in [2.75, 3.05) is 36.5 Å². The third kappa shape index (κ3) is 3.24. The minimum atomic E-state index is -4.72. The molecule has 8 nitrogen and oxygen atoms in total. The van der Waals surface area contributed by atoms with E-state index in [0.29, 0.717) is 43.2 Å². The van der Waals surface area contributed by atoms with Gasteiger partial charge in [0.1, 0.15) is 11.4 Å². The summed E-state index contributed by atoms with van der Waals surface area (Å²) in [5.74, 6) is -1.63. The molecule has 0 spiro atoms. The van der Waals surface area contributed by atoms with Crippen molar-refractivity contribution < 1.29 is 22.4 Å². The van der Waals surface area contributed by atoms with Gasteiger partial charge in [0.25, 0.3) is 10.9 Å². The van der Waals surface area contributed by atoms with Crippen LogP contribution in [-0.2, 0) is 10.9 Å². The molecule has 1 aromatic heterocycles. The Morgan fingerprint density at radius 1 is 1.04 bits per heavy atom. The summed E-state index contributed by atoms with van der Waals surface area (Å²) in [6.07, 6.45) is -4.72.